The minimum atomic E-state index is -0.227. The second-order valence-electron chi connectivity index (χ2n) is 5.52. The number of aromatic nitrogens is 4. The van der Waals surface area contributed by atoms with E-state index in [0.717, 1.165) is 11.1 Å². The van der Waals surface area contributed by atoms with E-state index in [-0.39, 0.29) is 12.2 Å². The molecule has 0 aliphatic carbocycles. The molecule has 0 unspecified atom stereocenters. The van der Waals surface area contributed by atoms with E-state index in [2.05, 4.69) is 20.1 Å². The van der Waals surface area contributed by atoms with Gasteiger partial charge in [-0.3, -0.25) is 4.79 Å². The van der Waals surface area contributed by atoms with E-state index in [1.165, 1.54) is 11.8 Å². The number of H-pyrrole nitrogens is 1. The Morgan fingerprint density at radius 1 is 1.24 bits per heavy atom. The van der Waals surface area contributed by atoms with Crippen LogP contribution in [0, 0.1) is 13.8 Å². The summed E-state index contributed by atoms with van der Waals surface area (Å²) in [5.74, 6) is 1.41. The minimum Gasteiger partial charge on any atom is -0.396 e. The Morgan fingerprint density at radius 2 is 2.04 bits per heavy atom. The van der Waals surface area contributed by atoms with E-state index >= 15 is 0 Å². The van der Waals surface area contributed by atoms with Crippen LogP contribution in [-0.2, 0) is 12.2 Å². The number of aryl methyl sites for hydroxylation is 2. The highest BCUT2D eigenvalue weighted by Crippen LogP contribution is 2.23. The Labute approximate surface area is 148 Å². The first-order chi connectivity index (χ1) is 12.1. The van der Waals surface area contributed by atoms with Gasteiger partial charge in [0.25, 0.3) is 5.56 Å². The zero-order valence-corrected chi connectivity index (χ0v) is 14.8. The van der Waals surface area contributed by atoms with Gasteiger partial charge in [0.15, 0.2) is 5.16 Å². The van der Waals surface area contributed by atoms with Crippen LogP contribution >= 0.6 is 11.8 Å². The van der Waals surface area contributed by atoms with Crippen LogP contribution in [0.4, 0.5) is 0 Å². The highest BCUT2D eigenvalue weighted by atomic mass is 32.2. The smallest absolute Gasteiger partial charge is 0.255 e. The van der Waals surface area contributed by atoms with Crippen LogP contribution in [0.2, 0.25) is 0 Å². The average molecular weight is 358 g/mol. The predicted octanol–water partition coefficient (Wildman–Crippen LogP) is 2.26. The molecule has 130 valence electrons. The standard InChI is InChI=1S/C17H18N4O3S/c1-10-5-3-4-6-12(10)15-19-14(24-21-15)9-25-17-18-11(2)13(7-8-22)16(23)20-17/h3-6,22H,7-9H2,1-2H3,(H,18,20,23). The van der Waals surface area contributed by atoms with Crippen LogP contribution in [0.1, 0.15) is 22.7 Å². The van der Waals surface area contributed by atoms with Crippen molar-refractivity contribution in [3.05, 3.63) is 57.3 Å². The number of aromatic amines is 1. The van der Waals surface area contributed by atoms with Crippen molar-refractivity contribution in [1.82, 2.24) is 20.1 Å². The fraction of sp³-hybridized carbons (Fsp3) is 0.294. The number of aliphatic hydroxyl groups excluding tert-OH is 1. The lowest BCUT2D eigenvalue weighted by molar-refractivity contribution is 0.298. The average Bonchev–Trinajstić information content (AvgIpc) is 3.05. The van der Waals surface area contributed by atoms with Crippen molar-refractivity contribution in [2.45, 2.75) is 31.2 Å². The number of rotatable bonds is 6. The molecule has 8 heteroatoms. The monoisotopic (exact) mass is 358 g/mol. The van der Waals surface area contributed by atoms with E-state index in [0.29, 0.717) is 40.3 Å². The van der Waals surface area contributed by atoms with E-state index in [1.807, 2.05) is 31.2 Å². The van der Waals surface area contributed by atoms with Crippen molar-refractivity contribution in [2.24, 2.45) is 0 Å². The van der Waals surface area contributed by atoms with E-state index in [9.17, 15) is 4.79 Å². The summed E-state index contributed by atoms with van der Waals surface area (Å²) in [6, 6.07) is 7.82. The maximum Gasteiger partial charge on any atom is 0.255 e. The van der Waals surface area contributed by atoms with Crippen molar-refractivity contribution in [3.63, 3.8) is 0 Å². The number of aliphatic hydroxyl groups is 1. The van der Waals surface area contributed by atoms with E-state index in [1.54, 1.807) is 6.92 Å². The van der Waals surface area contributed by atoms with Crippen molar-refractivity contribution < 1.29 is 9.63 Å². The SMILES string of the molecule is Cc1ccccc1-c1noc(CSc2nc(C)c(CCO)c(=O)[nH]2)n1. The molecule has 0 radical (unpaired) electrons. The Balaban J connectivity index is 1.73. The van der Waals surface area contributed by atoms with Crippen molar-refractivity contribution in [2.75, 3.05) is 6.61 Å². The summed E-state index contributed by atoms with van der Waals surface area (Å²) in [5.41, 5.74) is 2.90. The summed E-state index contributed by atoms with van der Waals surface area (Å²) in [5, 5.41) is 13.5. The number of hydrogen-bond donors (Lipinski definition) is 2. The van der Waals surface area contributed by atoms with Crippen molar-refractivity contribution >= 4 is 11.8 Å². The third-order valence-corrected chi connectivity index (χ3v) is 4.61. The molecular formula is C17H18N4O3S. The maximum absolute atomic E-state index is 12.0. The molecule has 3 aromatic rings. The van der Waals surface area contributed by atoms with Crippen LogP contribution in [0.3, 0.4) is 0 Å². The third-order valence-electron chi connectivity index (χ3n) is 3.75. The second kappa shape index (κ2) is 7.62. The Bertz CT molecular complexity index is 936. The molecule has 25 heavy (non-hydrogen) atoms. The number of thioether (sulfide) groups is 1. The molecule has 0 aliphatic heterocycles. The molecule has 0 amide bonds. The summed E-state index contributed by atoms with van der Waals surface area (Å²) in [4.78, 5) is 23.5. The van der Waals surface area contributed by atoms with Gasteiger partial charge in [0.2, 0.25) is 11.7 Å². The van der Waals surface area contributed by atoms with Crippen LogP contribution in [0.15, 0.2) is 38.7 Å². The van der Waals surface area contributed by atoms with Gasteiger partial charge >= 0.3 is 0 Å². The van der Waals surface area contributed by atoms with Gasteiger partial charge in [-0.1, -0.05) is 41.2 Å². The molecule has 0 fully saturated rings. The summed E-state index contributed by atoms with van der Waals surface area (Å²) in [6.07, 6.45) is 0.294. The fourth-order valence-corrected chi connectivity index (χ4v) is 3.18. The largest absolute Gasteiger partial charge is 0.396 e. The number of nitrogens with zero attached hydrogens (tertiary/aromatic N) is 3. The summed E-state index contributed by atoms with van der Waals surface area (Å²) < 4.78 is 5.28. The maximum atomic E-state index is 12.0. The molecule has 3 rings (SSSR count). The van der Waals surface area contributed by atoms with Gasteiger partial charge in [-0.25, -0.2) is 4.98 Å². The van der Waals surface area contributed by atoms with Gasteiger partial charge in [0, 0.05) is 29.8 Å². The first-order valence-electron chi connectivity index (χ1n) is 7.80. The van der Waals surface area contributed by atoms with E-state index in [4.69, 9.17) is 9.63 Å². The molecular weight excluding hydrogens is 340 g/mol. The van der Waals surface area contributed by atoms with Crippen molar-refractivity contribution in [3.8, 4) is 11.4 Å². The molecule has 0 atom stereocenters. The molecule has 0 saturated heterocycles. The van der Waals surface area contributed by atoms with Gasteiger partial charge < -0.3 is 14.6 Å². The number of nitrogens with one attached hydrogen (secondary N) is 1. The highest BCUT2D eigenvalue weighted by molar-refractivity contribution is 7.98. The van der Waals surface area contributed by atoms with Crippen LogP contribution in [0.5, 0.6) is 0 Å². The molecule has 2 heterocycles. The van der Waals surface area contributed by atoms with Crippen LogP contribution in [0.25, 0.3) is 11.4 Å². The topological polar surface area (TPSA) is 105 Å². The molecule has 2 aromatic heterocycles. The van der Waals surface area contributed by atoms with Gasteiger partial charge in [-0.15, -0.1) is 0 Å². The van der Waals surface area contributed by atoms with Gasteiger partial charge in [-0.2, -0.15) is 4.98 Å². The summed E-state index contributed by atoms with van der Waals surface area (Å²) in [7, 11) is 0. The normalized spacial score (nSPS) is 11.0. The predicted molar refractivity (Wildman–Crippen MR) is 94.4 cm³/mol. The zero-order chi connectivity index (χ0) is 17.8. The highest BCUT2D eigenvalue weighted by Gasteiger charge is 2.13. The molecule has 0 spiro atoms. The Hall–Kier alpha value is -2.45. The Kier molecular flexibility index (Phi) is 5.30. The molecule has 7 nitrogen and oxygen atoms in total. The first kappa shape index (κ1) is 17.4. The van der Waals surface area contributed by atoms with Gasteiger partial charge in [0.1, 0.15) is 0 Å². The van der Waals surface area contributed by atoms with Gasteiger partial charge in [-0.05, 0) is 19.4 Å². The molecule has 0 aliphatic rings. The molecule has 1 aromatic carbocycles. The van der Waals surface area contributed by atoms with Crippen LogP contribution < -0.4 is 5.56 Å². The quantitative estimate of drug-likeness (QED) is 0.514. The summed E-state index contributed by atoms with van der Waals surface area (Å²) in [6.45, 7) is 3.67. The number of benzene rings is 1. The lowest BCUT2D eigenvalue weighted by atomic mass is 10.1. The van der Waals surface area contributed by atoms with Gasteiger partial charge in [0.05, 0.1) is 5.75 Å². The first-order valence-corrected chi connectivity index (χ1v) is 8.79. The molecule has 0 bridgehead atoms. The summed E-state index contributed by atoms with van der Waals surface area (Å²) >= 11 is 1.32. The third kappa shape index (κ3) is 3.97. The lowest BCUT2D eigenvalue weighted by Crippen LogP contribution is -2.18. The lowest BCUT2D eigenvalue weighted by Gasteiger charge is -2.04. The molecule has 2 N–H and O–H groups in total. The van der Waals surface area contributed by atoms with E-state index < -0.39 is 0 Å². The number of hydrogen-bond acceptors (Lipinski definition) is 7. The van der Waals surface area contributed by atoms with Crippen molar-refractivity contribution in [1.29, 1.82) is 0 Å². The minimum absolute atomic E-state index is 0.0816. The fourth-order valence-electron chi connectivity index (χ4n) is 2.44. The zero-order valence-electron chi connectivity index (χ0n) is 13.9. The Morgan fingerprint density at radius 3 is 2.76 bits per heavy atom. The van der Waals surface area contributed by atoms with Crippen LogP contribution in [-0.4, -0.2) is 31.8 Å². The molecule has 0 saturated carbocycles. The second-order valence-corrected chi connectivity index (χ2v) is 6.49.